The molecule has 0 saturated heterocycles. The molecule has 0 saturated carbocycles. The minimum Gasteiger partial charge on any atom is -0.253 e. The van der Waals surface area contributed by atoms with E-state index in [-0.39, 0.29) is 0 Å². The van der Waals surface area contributed by atoms with Crippen LogP contribution in [0.2, 0.25) is 0 Å². The summed E-state index contributed by atoms with van der Waals surface area (Å²) in [6.45, 7) is 1.95. The summed E-state index contributed by atoms with van der Waals surface area (Å²) in [5, 5.41) is 19.2. The highest BCUT2D eigenvalue weighted by molar-refractivity contribution is 5.84. The first-order valence-corrected chi connectivity index (χ1v) is 6.53. The van der Waals surface area contributed by atoms with Crippen molar-refractivity contribution in [3.05, 3.63) is 65.4 Å². The lowest BCUT2D eigenvalue weighted by Gasteiger charge is -2.06. The third kappa shape index (κ3) is 2.45. The fraction of sp³-hybridized carbons (Fsp3) is 0.0556. The molecule has 98 valence electrons. The van der Waals surface area contributed by atoms with Gasteiger partial charge in [0, 0.05) is 11.1 Å². The molecule has 2 aromatic carbocycles. The van der Waals surface area contributed by atoms with Crippen molar-refractivity contribution in [3.8, 4) is 23.3 Å². The Morgan fingerprint density at radius 2 is 1.48 bits per heavy atom. The summed E-state index contributed by atoms with van der Waals surface area (Å²) in [5.74, 6) is 0. The minimum atomic E-state index is 0.487. The number of nitriles is 2. The highest BCUT2D eigenvalue weighted by atomic mass is 14.7. The molecule has 3 aromatic rings. The Morgan fingerprint density at radius 1 is 0.810 bits per heavy atom. The maximum Gasteiger partial charge on any atom is 0.0992 e. The van der Waals surface area contributed by atoms with E-state index in [0.717, 1.165) is 27.7 Å². The molecule has 1 heterocycles. The van der Waals surface area contributed by atoms with E-state index >= 15 is 0 Å². The number of fused-ring (bicyclic) bond motifs is 1. The molecule has 0 unspecified atom stereocenters. The van der Waals surface area contributed by atoms with Gasteiger partial charge in [0.1, 0.15) is 0 Å². The van der Waals surface area contributed by atoms with Gasteiger partial charge in [-0.05, 0) is 48.4 Å². The molecule has 0 N–H and O–H groups in total. The fourth-order valence-electron chi connectivity index (χ4n) is 2.32. The SMILES string of the molecule is Cc1ccc2ccc(-c3cc(C#N)cc(C#N)c3)cc2n1. The van der Waals surface area contributed by atoms with Crippen LogP contribution in [-0.4, -0.2) is 4.98 Å². The molecule has 1 aromatic heterocycles. The largest absolute Gasteiger partial charge is 0.253 e. The molecule has 3 heteroatoms. The van der Waals surface area contributed by atoms with Gasteiger partial charge in [-0.1, -0.05) is 18.2 Å². The molecule has 3 nitrogen and oxygen atoms in total. The number of hydrogen-bond donors (Lipinski definition) is 0. The van der Waals surface area contributed by atoms with Gasteiger partial charge in [0.25, 0.3) is 0 Å². The van der Waals surface area contributed by atoms with E-state index in [4.69, 9.17) is 10.5 Å². The van der Waals surface area contributed by atoms with Crippen LogP contribution < -0.4 is 0 Å². The average Bonchev–Trinajstić information content (AvgIpc) is 2.53. The topological polar surface area (TPSA) is 60.5 Å². The molecule has 21 heavy (non-hydrogen) atoms. The van der Waals surface area contributed by atoms with Gasteiger partial charge in [0.05, 0.1) is 28.8 Å². The lowest BCUT2D eigenvalue weighted by atomic mass is 9.99. The predicted octanol–water partition coefficient (Wildman–Crippen LogP) is 3.95. The summed E-state index contributed by atoms with van der Waals surface area (Å²) >= 11 is 0. The zero-order valence-corrected chi connectivity index (χ0v) is 11.5. The quantitative estimate of drug-likeness (QED) is 0.672. The first-order chi connectivity index (χ1) is 10.2. The highest BCUT2D eigenvalue weighted by Crippen LogP contribution is 2.25. The summed E-state index contributed by atoms with van der Waals surface area (Å²) < 4.78 is 0. The Kier molecular flexibility index (Phi) is 3.10. The minimum absolute atomic E-state index is 0.487. The summed E-state index contributed by atoms with van der Waals surface area (Å²) in [7, 11) is 0. The van der Waals surface area contributed by atoms with E-state index in [1.165, 1.54) is 0 Å². The van der Waals surface area contributed by atoms with Crippen LogP contribution in [0, 0.1) is 29.6 Å². The average molecular weight is 269 g/mol. The van der Waals surface area contributed by atoms with Gasteiger partial charge < -0.3 is 0 Å². The summed E-state index contributed by atoms with van der Waals surface area (Å²) in [4.78, 5) is 4.52. The number of nitrogens with zero attached hydrogens (tertiary/aromatic N) is 3. The van der Waals surface area contributed by atoms with Crippen molar-refractivity contribution in [2.24, 2.45) is 0 Å². The van der Waals surface area contributed by atoms with E-state index in [9.17, 15) is 0 Å². The summed E-state index contributed by atoms with van der Waals surface area (Å²) in [5.41, 5.74) is 4.66. The first-order valence-electron chi connectivity index (χ1n) is 6.53. The maximum atomic E-state index is 9.07. The van der Waals surface area contributed by atoms with E-state index in [0.29, 0.717) is 11.1 Å². The number of benzene rings is 2. The third-order valence-electron chi connectivity index (χ3n) is 3.36. The second-order valence-electron chi connectivity index (χ2n) is 4.88. The van der Waals surface area contributed by atoms with Crippen molar-refractivity contribution in [3.63, 3.8) is 0 Å². The Morgan fingerprint density at radius 3 is 2.14 bits per heavy atom. The Balaban J connectivity index is 2.21. The second kappa shape index (κ2) is 5.07. The van der Waals surface area contributed by atoms with E-state index in [2.05, 4.69) is 17.1 Å². The lowest BCUT2D eigenvalue weighted by Crippen LogP contribution is -1.87. The molecule has 0 fully saturated rings. The number of aryl methyl sites for hydroxylation is 1. The summed E-state index contributed by atoms with van der Waals surface area (Å²) in [6.07, 6.45) is 0. The molecule has 3 rings (SSSR count). The monoisotopic (exact) mass is 269 g/mol. The van der Waals surface area contributed by atoms with Gasteiger partial charge >= 0.3 is 0 Å². The molecule has 0 aliphatic rings. The predicted molar refractivity (Wildman–Crippen MR) is 81.3 cm³/mol. The van der Waals surface area contributed by atoms with Gasteiger partial charge in [-0.25, -0.2) is 0 Å². The van der Waals surface area contributed by atoms with Gasteiger partial charge in [0.2, 0.25) is 0 Å². The summed E-state index contributed by atoms with van der Waals surface area (Å²) in [6, 6.07) is 19.3. The van der Waals surface area contributed by atoms with Crippen molar-refractivity contribution in [1.29, 1.82) is 10.5 Å². The Hall–Kier alpha value is -3.17. The molecular weight excluding hydrogens is 258 g/mol. The molecule has 0 spiro atoms. The van der Waals surface area contributed by atoms with Crippen molar-refractivity contribution in [2.45, 2.75) is 6.92 Å². The van der Waals surface area contributed by atoms with E-state index in [1.807, 2.05) is 37.3 Å². The second-order valence-corrected chi connectivity index (χ2v) is 4.88. The maximum absolute atomic E-state index is 9.07. The molecule has 0 atom stereocenters. The zero-order chi connectivity index (χ0) is 14.8. The van der Waals surface area contributed by atoms with E-state index in [1.54, 1.807) is 18.2 Å². The van der Waals surface area contributed by atoms with Crippen LogP contribution in [0.25, 0.3) is 22.0 Å². The highest BCUT2D eigenvalue weighted by Gasteiger charge is 2.05. The third-order valence-corrected chi connectivity index (χ3v) is 3.36. The van der Waals surface area contributed by atoms with Crippen LogP contribution >= 0.6 is 0 Å². The van der Waals surface area contributed by atoms with Gasteiger partial charge in [-0.2, -0.15) is 10.5 Å². The number of pyridine rings is 1. The van der Waals surface area contributed by atoms with Gasteiger partial charge in [0.15, 0.2) is 0 Å². The lowest BCUT2D eigenvalue weighted by molar-refractivity contribution is 1.26. The van der Waals surface area contributed by atoms with Crippen LogP contribution in [0.1, 0.15) is 16.8 Å². The Labute approximate surface area is 122 Å². The molecular formula is C18H11N3. The first kappa shape index (κ1) is 12.8. The van der Waals surface area contributed by atoms with Crippen LogP contribution in [0.15, 0.2) is 48.5 Å². The van der Waals surface area contributed by atoms with Crippen molar-refractivity contribution < 1.29 is 0 Å². The number of hydrogen-bond acceptors (Lipinski definition) is 3. The van der Waals surface area contributed by atoms with Crippen LogP contribution in [-0.2, 0) is 0 Å². The van der Waals surface area contributed by atoms with Crippen molar-refractivity contribution in [1.82, 2.24) is 4.98 Å². The standard InChI is InChI=1S/C18H11N3/c1-12-2-3-15-4-5-16(9-18(15)21-12)17-7-13(10-19)6-14(8-17)11-20/h2-9H,1H3. The molecule has 0 aliphatic heterocycles. The molecule has 0 amide bonds. The van der Waals surface area contributed by atoms with Crippen LogP contribution in [0.3, 0.4) is 0 Å². The normalized spacial score (nSPS) is 10.0. The van der Waals surface area contributed by atoms with Crippen LogP contribution in [0.4, 0.5) is 0 Å². The zero-order valence-electron chi connectivity index (χ0n) is 11.5. The van der Waals surface area contributed by atoms with E-state index < -0.39 is 0 Å². The van der Waals surface area contributed by atoms with Crippen LogP contribution in [0.5, 0.6) is 0 Å². The van der Waals surface area contributed by atoms with Gasteiger partial charge in [-0.15, -0.1) is 0 Å². The van der Waals surface area contributed by atoms with Gasteiger partial charge in [-0.3, -0.25) is 4.98 Å². The molecule has 0 radical (unpaired) electrons. The number of aromatic nitrogens is 1. The fourth-order valence-corrected chi connectivity index (χ4v) is 2.32. The number of rotatable bonds is 1. The molecule has 0 bridgehead atoms. The van der Waals surface area contributed by atoms with Crippen molar-refractivity contribution >= 4 is 10.9 Å². The Bertz CT molecular complexity index is 895. The smallest absolute Gasteiger partial charge is 0.0992 e. The molecule has 0 aliphatic carbocycles. The van der Waals surface area contributed by atoms with Crippen molar-refractivity contribution in [2.75, 3.05) is 0 Å².